The van der Waals surface area contributed by atoms with Crippen molar-refractivity contribution < 1.29 is 9.53 Å². The zero-order chi connectivity index (χ0) is 15.5. The number of carbonyl (C=O) groups excluding carboxylic acids is 1. The van der Waals surface area contributed by atoms with Crippen LogP contribution in [0.15, 0.2) is 0 Å². The molecule has 0 spiro atoms. The van der Waals surface area contributed by atoms with E-state index in [1.807, 2.05) is 23.4 Å². The Morgan fingerprint density at radius 2 is 2.00 bits per heavy atom. The topological polar surface area (TPSA) is 60.2 Å². The summed E-state index contributed by atoms with van der Waals surface area (Å²) in [7, 11) is 0. The Morgan fingerprint density at radius 3 is 2.68 bits per heavy atom. The second-order valence-electron chi connectivity index (χ2n) is 6.50. The van der Waals surface area contributed by atoms with Crippen molar-refractivity contribution in [2.45, 2.75) is 64.5 Å². The fourth-order valence-electron chi connectivity index (χ4n) is 3.60. The van der Waals surface area contributed by atoms with Gasteiger partial charge in [-0.25, -0.2) is 9.67 Å². The van der Waals surface area contributed by atoms with Gasteiger partial charge in [0.05, 0.1) is 12.1 Å². The van der Waals surface area contributed by atoms with Gasteiger partial charge in [0.15, 0.2) is 0 Å². The summed E-state index contributed by atoms with van der Waals surface area (Å²) in [5.41, 5.74) is 0. The number of hydrogen-bond donors (Lipinski definition) is 0. The van der Waals surface area contributed by atoms with Gasteiger partial charge in [0.1, 0.15) is 18.3 Å². The molecule has 0 radical (unpaired) electrons. The molecule has 1 unspecified atom stereocenters. The molecule has 1 aliphatic heterocycles. The predicted molar refractivity (Wildman–Crippen MR) is 82.6 cm³/mol. The number of carbonyl (C=O) groups is 1. The van der Waals surface area contributed by atoms with E-state index in [4.69, 9.17) is 4.74 Å². The molecule has 6 nitrogen and oxygen atoms in total. The van der Waals surface area contributed by atoms with Crippen molar-refractivity contribution in [2.75, 3.05) is 19.7 Å². The second kappa shape index (κ2) is 6.77. The van der Waals surface area contributed by atoms with Crippen LogP contribution in [0, 0.1) is 13.8 Å². The summed E-state index contributed by atoms with van der Waals surface area (Å²) in [5, 5.41) is 4.47. The van der Waals surface area contributed by atoms with Crippen LogP contribution in [0.1, 0.15) is 56.2 Å². The lowest BCUT2D eigenvalue weighted by molar-refractivity contribution is -0.139. The monoisotopic (exact) mass is 306 g/mol. The fourth-order valence-corrected chi connectivity index (χ4v) is 3.60. The Labute approximate surface area is 131 Å². The van der Waals surface area contributed by atoms with Crippen LogP contribution in [0.5, 0.6) is 0 Å². The summed E-state index contributed by atoms with van der Waals surface area (Å²) in [5.74, 6) is 1.84. The van der Waals surface area contributed by atoms with Crippen LogP contribution >= 0.6 is 0 Å². The molecule has 2 heterocycles. The normalized spacial score (nSPS) is 23.2. The summed E-state index contributed by atoms with van der Waals surface area (Å²) < 4.78 is 7.74. The van der Waals surface area contributed by atoms with Crippen LogP contribution in [0.2, 0.25) is 0 Å². The maximum absolute atomic E-state index is 12.4. The Bertz CT molecular complexity index is 522. The van der Waals surface area contributed by atoms with Crippen molar-refractivity contribution in [1.82, 2.24) is 19.7 Å². The molecule has 3 rings (SSSR count). The van der Waals surface area contributed by atoms with E-state index in [2.05, 4.69) is 10.1 Å². The fraction of sp³-hybridized carbons (Fsp3) is 0.812. The van der Waals surface area contributed by atoms with E-state index < -0.39 is 0 Å². The van der Waals surface area contributed by atoms with Crippen molar-refractivity contribution in [1.29, 1.82) is 0 Å². The molecule has 1 aliphatic carbocycles. The zero-order valence-corrected chi connectivity index (χ0v) is 13.6. The van der Waals surface area contributed by atoms with Gasteiger partial charge in [-0.05, 0) is 39.5 Å². The molecule has 1 aromatic heterocycles. The lowest BCUT2D eigenvalue weighted by atomic mass is 10.1. The Hall–Kier alpha value is -1.43. The standard InChI is InChI=1S/C16H26N4O2/c1-12-17-13(2)20(18-12)14-6-5-9-19(10-14)16(21)11-22-15-7-3-4-8-15/h14-15H,3-11H2,1-2H3. The minimum Gasteiger partial charge on any atom is -0.368 e. The number of aryl methyl sites for hydroxylation is 2. The Balaban J connectivity index is 1.55. The summed E-state index contributed by atoms with van der Waals surface area (Å²) in [6.07, 6.45) is 7.03. The quantitative estimate of drug-likeness (QED) is 0.854. The highest BCUT2D eigenvalue weighted by molar-refractivity contribution is 5.77. The Morgan fingerprint density at radius 1 is 1.23 bits per heavy atom. The van der Waals surface area contributed by atoms with Crippen molar-refractivity contribution in [3.05, 3.63) is 11.6 Å². The minimum absolute atomic E-state index is 0.117. The molecule has 0 bridgehead atoms. The van der Waals surface area contributed by atoms with E-state index in [9.17, 15) is 4.79 Å². The number of piperidine rings is 1. The van der Waals surface area contributed by atoms with Crippen LogP contribution in [0.25, 0.3) is 0 Å². The van der Waals surface area contributed by atoms with Gasteiger partial charge in [-0.2, -0.15) is 5.10 Å². The van der Waals surface area contributed by atoms with Crippen LogP contribution in [0.3, 0.4) is 0 Å². The molecule has 0 N–H and O–H groups in total. The first-order chi connectivity index (χ1) is 10.6. The van der Waals surface area contributed by atoms with E-state index in [1.165, 1.54) is 12.8 Å². The van der Waals surface area contributed by atoms with Crippen molar-refractivity contribution >= 4 is 5.91 Å². The average molecular weight is 306 g/mol. The Kier molecular flexibility index (Phi) is 4.76. The molecule has 1 aromatic rings. The van der Waals surface area contributed by atoms with Crippen molar-refractivity contribution in [3.8, 4) is 0 Å². The highest BCUT2D eigenvalue weighted by atomic mass is 16.5. The molecule has 22 heavy (non-hydrogen) atoms. The lowest BCUT2D eigenvalue weighted by Gasteiger charge is -2.33. The number of ether oxygens (including phenoxy) is 1. The molecule has 1 atom stereocenters. The van der Waals surface area contributed by atoms with E-state index >= 15 is 0 Å². The van der Waals surface area contributed by atoms with Gasteiger partial charge >= 0.3 is 0 Å². The number of amides is 1. The second-order valence-corrected chi connectivity index (χ2v) is 6.50. The summed E-state index contributed by atoms with van der Waals surface area (Å²) in [6.45, 7) is 5.66. The third-order valence-corrected chi connectivity index (χ3v) is 4.75. The van der Waals surface area contributed by atoms with Gasteiger partial charge in [0.2, 0.25) is 5.91 Å². The van der Waals surface area contributed by atoms with E-state index in [-0.39, 0.29) is 18.6 Å². The van der Waals surface area contributed by atoms with Crippen LogP contribution in [-0.2, 0) is 9.53 Å². The molecule has 6 heteroatoms. The maximum atomic E-state index is 12.4. The van der Waals surface area contributed by atoms with Crippen molar-refractivity contribution in [2.24, 2.45) is 0 Å². The lowest BCUT2D eigenvalue weighted by Crippen LogP contribution is -2.43. The number of rotatable bonds is 4. The van der Waals surface area contributed by atoms with E-state index in [0.29, 0.717) is 6.10 Å². The van der Waals surface area contributed by atoms with E-state index in [0.717, 1.165) is 50.4 Å². The molecule has 1 amide bonds. The van der Waals surface area contributed by atoms with Crippen molar-refractivity contribution in [3.63, 3.8) is 0 Å². The number of likely N-dealkylation sites (tertiary alicyclic amines) is 1. The maximum Gasteiger partial charge on any atom is 0.248 e. The first-order valence-corrected chi connectivity index (χ1v) is 8.42. The first-order valence-electron chi connectivity index (χ1n) is 8.42. The zero-order valence-electron chi connectivity index (χ0n) is 13.6. The predicted octanol–water partition coefficient (Wildman–Crippen LogP) is 2.02. The molecule has 1 saturated heterocycles. The third-order valence-electron chi connectivity index (χ3n) is 4.75. The van der Waals surface area contributed by atoms with Gasteiger partial charge in [-0.3, -0.25) is 4.79 Å². The molecule has 122 valence electrons. The molecule has 2 aliphatic rings. The van der Waals surface area contributed by atoms with Gasteiger partial charge in [-0.1, -0.05) is 12.8 Å². The molecular weight excluding hydrogens is 280 g/mol. The summed E-state index contributed by atoms with van der Waals surface area (Å²) in [4.78, 5) is 18.7. The van der Waals surface area contributed by atoms with Crippen LogP contribution in [-0.4, -0.2) is 51.4 Å². The molecule has 0 aromatic carbocycles. The third kappa shape index (κ3) is 3.48. The molecular formula is C16H26N4O2. The van der Waals surface area contributed by atoms with Crippen LogP contribution in [0.4, 0.5) is 0 Å². The van der Waals surface area contributed by atoms with Gasteiger partial charge in [-0.15, -0.1) is 0 Å². The van der Waals surface area contributed by atoms with Gasteiger partial charge < -0.3 is 9.64 Å². The molecule has 2 fully saturated rings. The highest BCUT2D eigenvalue weighted by Gasteiger charge is 2.27. The summed E-state index contributed by atoms with van der Waals surface area (Å²) >= 11 is 0. The highest BCUT2D eigenvalue weighted by Crippen LogP contribution is 2.23. The largest absolute Gasteiger partial charge is 0.368 e. The van der Waals surface area contributed by atoms with Gasteiger partial charge in [0, 0.05) is 13.1 Å². The summed E-state index contributed by atoms with van der Waals surface area (Å²) in [6, 6.07) is 0.241. The average Bonchev–Trinajstić information content (AvgIpc) is 3.14. The number of nitrogens with zero attached hydrogens (tertiary/aromatic N) is 4. The number of hydrogen-bond acceptors (Lipinski definition) is 4. The SMILES string of the molecule is Cc1nc(C)n(C2CCCN(C(=O)COC3CCCC3)C2)n1. The first kappa shape index (κ1) is 15.5. The van der Waals surface area contributed by atoms with Crippen LogP contribution < -0.4 is 0 Å². The van der Waals surface area contributed by atoms with Gasteiger partial charge in [0.25, 0.3) is 0 Å². The van der Waals surface area contributed by atoms with E-state index in [1.54, 1.807) is 0 Å². The number of aromatic nitrogens is 3. The molecule has 1 saturated carbocycles. The minimum atomic E-state index is 0.117. The smallest absolute Gasteiger partial charge is 0.248 e.